The standard InChI is InChI=1S/C6H4S2Se2/c1-2-4-6-5(3-1)7-8-10-9-6/h1-4H. The van der Waals surface area contributed by atoms with E-state index >= 15 is 0 Å². The van der Waals surface area contributed by atoms with Crippen molar-refractivity contribution in [1.29, 1.82) is 0 Å². The molecule has 52 valence electrons. The van der Waals surface area contributed by atoms with E-state index in [-0.39, 0.29) is 0 Å². The van der Waals surface area contributed by atoms with Gasteiger partial charge < -0.3 is 0 Å². The van der Waals surface area contributed by atoms with Gasteiger partial charge in [-0.1, -0.05) is 0 Å². The minimum absolute atomic E-state index is 0.791. The van der Waals surface area contributed by atoms with Crippen molar-refractivity contribution in [3.63, 3.8) is 0 Å². The van der Waals surface area contributed by atoms with Crippen molar-refractivity contribution in [2.75, 3.05) is 0 Å². The molecular weight excluding hydrogens is 294 g/mol. The van der Waals surface area contributed by atoms with Gasteiger partial charge in [0.15, 0.2) is 0 Å². The van der Waals surface area contributed by atoms with E-state index in [9.17, 15) is 0 Å². The molecule has 0 saturated heterocycles. The van der Waals surface area contributed by atoms with Crippen LogP contribution in [0.15, 0.2) is 24.3 Å². The fraction of sp³-hybridized carbons (Fsp3) is 0. The van der Waals surface area contributed by atoms with Crippen molar-refractivity contribution in [2.45, 2.75) is 0 Å². The summed E-state index contributed by atoms with van der Waals surface area (Å²) < 4.78 is 3.11. The van der Waals surface area contributed by atoms with E-state index < -0.39 is 0 Å². The summed E-state index contributed by atoms with van der Waals surface area (Å²) in [4.78, 5) is 0. The van der Waals surface area contributed by atoms with Gasteiger partial charge in [0.25, 0.3) is 0 Å². The van der Waals surface area contributed by atoms with E-state index in [1.165, 1.54) is 4.70 Å². The molecule has 0 spiro atoms. The van der Waals surface area contributed by atoms with Crippen molar-refractivity contribution >= 4 is 52.1 Å². The monoisotopic (exact) mass is 300 g/mol. The average molecular weight is 298 g/mol. The summed E-state index contributed by atoms with van der Waals surface area (Å²) in [6, 6.07) is 8.77. The molecule has 0 aliphatic carbocycles. The number of hydrogen-bond donors (Lipinski definition) is 0. The van der Waals surface area contributed by atoms with E-state index in [0.29, 0.717) is 0 Å². The Hall–Kier alpha value is 0.699. The van der Waals surface area contributed by atoms with E-state index in [1.807, 2.05) is 19.1 Å². The summed E-state index contributed by atoms with van der Waals surface area (Å²) in [5.74, 6) is 0. The predicted octanol–water partition coefficient (Wildman–Crippen LogP) is 2.20. The molecule has 0 radical (unpaired) electrons. The van der Waals surface area contributed by atoms with Crippen molar-refractivity contribution in [1.82, 2.24) is 0 Å². The molecule has 0 amide bonds. The number of benzene rings is 1. The Balaban J connectivity index is 2.89. The van der Waals surface area contributed by atoms with Crippen LogP contribution in [0.5, 0.6) is 0 Å². The van der Waals surface area contributed by atoms with Crippen LogP contribution in [0.25, 0.3) is 8.96 Å². The minimum atomic E-state index is 0.791. The second kappa shape index (κ2) is 3.40. The van der Waals surface area contributed by atoms with Crippen LogP contribution in [-0.4, -0.2) is 24.1 Å². The summed E-state index contributed by atoms with van der Waals surface area (Å²) in [6.07, 6.45) is 0. The van der Waals surface area contributed by atoms with Gasteiger partial charge in [-0.25, -0.2) is 0 Å². The van der Waals surface area contributed by atoms with Crippen molar-refractivity contribution in [3.05, 3.63) is 24.3 Å². The number of rotatable bonds is 0. The molecule has 4 heteroatoms. The van der Waals surface area contributed by atoms with Gasteiger partial charge in [0.1, 0.15) is 0 Å². The zero-order valence-electron chi connectivity index (χ0n) is 4.94. The second-order valence-electron chi connectivity index (χ2n) is 1.75. The number of fused-ring (bicyclic) bond motifs is 1. The Kier molecular flexibility index (Phi) is 2.50. The van der Waals surface area contributed by atoms with Crippen molar-refractivity contribution in [2.24, 2.45) is 0 Å². The van der Waals surface area contributed by atoms with E-state index in [1.54, 1.807) is 4.26 Å². The maximum atomic E-state index is 2.27. The zero-order chi connectivity index (χ0) is 6.81. The van der Waals surface area contributed by atoms with Crippen LogP contribution in [0.2, 0.25) is 0 Å². The van der Waals surface area contributed by atoms with Crippen LogP contribution in [0, 0.1) is 0 Å². The summed E-state index contributed by atoms with van der Waals surface area (Å²) in [6.45, 7) is 0. The average Bonchev–Trinajstić information content (AvgIpc) is 2.05. The quantitative estimate of drug-likeness (QED) is 0.517. The molecule has 0 saturated carbocycles. The Morgan fingerprint density at radius 2 is 2.10 bits per heavy atom. The molecule has 0 nitrogen and oxygen atoms in total. The first-order valence-corrected chi connectivity index (χ1v) is 12.1. The fourth-order valence-corrected chi connectivity index (χ4v) is 16.4. The van der Waals surface area contributed by atoms with E-state index in [2.05, 4.69) is 24.3 Å². The van der Waals surface area contributed by atoms with Crippen molar-refractivity contribution in [3.8, 4) is 0 Å². The fourth-order valence-electron chi connectivity index (χ4n) is 0.689. The van der Waals surface area contributed by atoms with Crippen LogP contribution in [0.4, 0.5) is 0 Å². The molecule has 10 heavy (non-hydrogen) atoms. The maximum absolute atomic E-state index is 2.27. The Morgan fingerprint density at radius 1 is 1.20 bits per heavy atom. The summed E-state index contributed by atoms with van der Waals surface area (Å²) >= 11 is 1.63. The van der Waals surface area contributed by atoms with Crippen LogP contribution in [0.3, 0.4) is 0 Å². The first kappa shape index (κ1) is 7.35. The zero-order valence-corrected chi connectivity index (χ0v) is 10.0. The van der Waals surface area contributed by atoms with Gasteiger partial charge in [-0.3, -0.25) is 0 Å². The van der Waals surface area contributed by atoms with Gasteiger partial charge in [0.05, 0.1) is 0 Å². The molecule has 0 fully saturated rings. The van der Waals surface area contributed by atoms with E-state index in [0.717, 1.165) is 24.1 Å². The molecule has 0 aliphatic heterocycles. The van der Waals surface area contributed by atoms with Gasteiger partial charge in [-0.05, 0) is 0 Å². The molecule has 0 unspecified atom stereocenters. The SMILES string of the molecule is c1ccc2[se][se]ssc2c1. The number of hydrogen-bond acceptors (Lipinski definition) is 2. The van der Waals surface area contributed by atoms with Crippen molar-refractivity contribution < 1.29 is 0 Å². The Labute approximate surface area is 75.9 Å². The molecule has 1 aromatic heterocycles. The summed E-state index contributed by atoms with van der Waals surface area (Å²) in [7, 11) is 3.99. The molecule has 1 heterocycles. The Morgan fingerprint density at radius 3 is 3.00 bits per heavy atom. The third kappa shape index (κ3) is 1.47. The normalized spacial score (nSPS) is 10.0. The van der Waals surface area contributed by atoms with Crippen LogP contribution < -0.4 is 0 Å². The van der Waals surface area contributed by atoms with Gasteiger partial charge in [0, 0.05) is 0 Å². The summed E-state index contributed by atoms with van der Waals surface area (Å²) in [5.41, 5.74) is 0. The van der Waals surface area contributed by atoms with Gasteiger partial charge in [-0.2, -0.15) is 0 Å². The molecular formula is C6H4S2Se2. The third-order valence-corrected chi connectivity index (χ3v) is 16.6. The molecule has 2 aromatic rings. The van der Waals surface area contributed by atoms with Gasteiger partial charge in [0.2, 0.25) is 0 Å². The molecule has 0 N–H and O–H groups in total. The summed E-state index contributed by atoms with van der Waals surface area (Å²) in [5, 5.41) is 0. The van der Waals surface area contributed by atoms with Crippen LogP contribution >= 0.6 is 19.1 Å². The molecule has 2 rings (SSSR count). The Bertz CT molecular complexity index is 285. The third-order valence-electron chi connectivity index (χ3n) is 1.12. The molecule has 0 atom stereocenters. The van der Waals surface area contributed by atoms with Gasteiger partial charge >= 0.3 is 76.4 Å². The van der Waals surface area contributed by atoms with Crippen LogP contribution in [-0.2, 0) is 0 Å². The first-order chi connectivity index (χ1) is 4.97. The van der Waals surface area contributed by atoms with Crippen LogP contribution in [0.1, 0.15) is 0 Å². The second-order valence-corrected chi connectivity index (χ2v) is 14.5. The van der Waals surface area contributed by atoms with E-state index in [4.69, 9.17) is 0 Å². The topological polar surface area (TPSA) is 0 Å². The van der Waals surface area contributed by atoms with Gasteiger partial charge in [-0.15, -0.1) is 0 Å². The molecule has 1 aromatic carbocycles. The molecule has 0 aliphatic rings. The predicted molar refractivity (Wildman–Crippen MR) is 51.2 cm³/mol. The molecule has 0 bridgehead atoms. The first-order valence-electron chi connectivity index (χ1n) is 2.74.